The molecule has 0 unspecified atom stereocenters. The smallest absolute Gasteiger partial charge is 0.159 e. The van der Waals surface area contributed by atoms with Crippen molar-refractivity contribution in [2.75, 3.05) is 0 Å². The van der Waals surface area contributed by atoms with Gasteiger partial charge >= 0.3 is 0 Å². The van der Waals surface area contributed by atoms with Gasteiger partial charge in [0.2, 0.25) is 0 Å². The lowest BCUT2D eigenvalue weighted by Crippen LogP contribution is -2.43. The zero-order valence-corrected chi connectivity index (χ0v) is 17.1. The van der Waals surface area contributed by atoms with Gasteiger partial charge in [-0.2, -0.15) is 0 Å². The van der Waals surface area contributed by atoms with Gasteiger partial charge in [0, 0.05) is 36.9 Å². The molecule has 0 saturated carbocycles. The van der Waals surface area contributed by atoms with E-state index in [0.29, 0.717) is 25.7 Å². The number of hydrogen-bond acceptors (Lipinski definition) is 3. The SMILES string of the molecule is CC(=O)C1=C(C)N[C@H](c2ccc(Cl)cc2Cl)N[C@H]1c1ccc(Cl)cc1Cl. The van der Waals surface area contributed by atoms with Crippen LogP contribution in [0.25, 0.3) is 0 Å². The van der Waals surface area contributed by atoms with Crippen LogP contribution in [0.2, 0.25) is 20.1 Å². The van der Waals surface area contributed by atoms with E-state index < -0.39 is 6.04 Å². The van der Waals surface area contributed by atoms with Gasteiger partial charge in [0.05, 0.1) is 6.04 Å². The van der Waals surface area contributed by atoms with Gasteiger partial charge in [0.1, 0.15) is 6.17 Å². The summed E-state index contributed by atoms with van der Waals surface area (Å²) >= 11 is 24.8. The summed E-state index contributed by atoms with van der Waals surface area (Å²) in [6, 6.07) is 10.2. The van der Waals surface area contributed by atoms with Crippen LogP contribution in [0.4, 0.5) is 0 Å². The second-order valence-electron chi connectivity index (χ2n) is 6.10. The van der Waals surface area contributed by atoms with E-state index >= 15 is 0 Å². The van der Waals surface area contributed by atoms with Crippen molar-refractivity contribution in [3.8, 4) is 0 Å². The van der Waals surface area contributed by atoms with Crippen LogP contribution in [-0.2, 0) is 4.79 Å². The molecule has 3 nitrogen and oxygen atoms in total. The first-order valence-corrected chi connectivity index (χ1v) is 9.43. The first-order chi connectivity index (χ1) is 12.3. The van der Waals surface area contributed by atoms with Gasteiger partial charge in [-0.15, -0.1) is 0 Å². The number of carbonyl (C=O) groups excluding carboxylic acids is 1. The lowest BCUT2D eigenvalue weighted by Gasteiger charge is -2.36. The molecule has 2 aromatic rings. The molecule has 3 rings (SSSR count). The molecule has 0 saturated heterocycles. The molecule has 0 aliphatic carbocycles. The van der Waals surface area contributed by atoms with Crippen LogP contribution < -0.4 is 10.6 Å². The normalized spacial score (nSPS) is 20.1. The molecule has 0 radical (unpaired) electrons. The van der Waals surface area contributed by atoms with Gasteiger partial charge in [0.25, 0.3) is 0 Å². The number of benzene rings is 2. The van der Waals surface area contributed by atoms with Gasteiger partial charge in [-0.1, -0.05) is 58.5 Å². The van der Waals surface area contributed by atoms with Gasteiger partial charge in [-0.3, -0.25) is 10.1 Å². The van der Waals surface area contributed by atoms with Gasteiger partial charge < -0.3 is 5.32 Å². The fourth-order valence-corrected chi connectivity index (χ4v) is 4.19. The molecule has 2 atom stereocenters. The fraction of sp³-hybridized carbons (Fsp3) is 0.211. The van der Waals surface area contributed by atoms with E-state index in [9.17, 15) is 4.79 Å². The molecule has 1 heterocycles. The lowest BCUT2D eigenvalue weighted by molar-refractivity contribution is -0.114. The van der Waals surface area contributed by atoms with Crippen molar-refractivity contribution >= 4 is 52.2 Å². The molecular weight excluding hydrogens is 414 g/mol. The number of allylic oxidation sites excluding steroid dienone is 1. The Morgan fingerprint density at radius 3 is 1.96 bits per heavy atom. The Morgan fingerprint density at radius 2 is 1.46 bits per heavy atom. The molecule has 0 amide bonds. The molecule has 1 aliphatic heterocycles. The molecule has 7 heteroatoms. The Bertz CT molecular complexity index is 910. The van der Waals surface area contributed by atoms with Gasteiger partial charge in [-0.05, 0) is 43.7 Å². The molecule has 0 fully saturated rings. The Morgan fingerprint density at radius 1 is 0.923 bits per heavy atom. The summed E-state index contributed by atoms with van der Waals surface area (Å²) in [7, 11) is 0. The minimum atomic E-state index is -0.393. The van der Waals surface area contributed by atoms with E-state index in [-0.39, 0.29) is 11.9 Å². The maximum atomic E-state index is 12.3. The van der Waals surface area contributed by atoms with Crippen LogP contribution >= 0.6 is 46.4 Å². The van der Waals surface area contributed by atoms with E-state index in [4.69, 9.17) is 46.4 Å². The molecule has 2 aromatic carbocycles. The number of ketones is 1. The zero-order chi connectivity index (χ0) is 19.0. The summed E-state index contributed by atoms with van der Waals surface area (Å²) in [5.74, 6) is -0.0424. The summed E-state index contributed by atoms with van der Waals surface area (Å²) in [6.45, 7) is 3.40. The fourth-order valence-electron chi connectivity index (χ4n) is 3.15. The first-order valence-electron chi connectivity index (χ1n) is 7.92. The maximum Gasteiger partial charge on any atom is 0.159 e. The van der Waals surface area contributed by atoms with Crippen molar-refractivity contribution < 1.29 is 4.79 Å². The quantitative estimate of drug-likeness (QED) is 0.619. The molecule has 1 aliphatic rings. The minimum Gasteiger partial charge on any atom is -0.369 e. The Hall–Kier alpha value is -1.23. The summed E-state index contributed by atoms with van der Waals surface area (Å²) in [5.41, 5.74) is 2.99. The highest BCUT2D eigenvalue weighted by Gasteiger charge is 2.32. The van der Waals surface area contributed by atoms with Crippen molar-refractivity contribution in [2.24, 2.45) is 0 Å². The first kappa shape index (κ1) is 19.5. The van der Waals surface area contributed by atoms with Crippen LogP contribution in [-0.4, -0.2) is 5.78 Å². The van der Waals surface area contributed by atoms with E-state index in [1.165, 1.54) is 6.92 Å². The van der Waals surface area contributed by atoms with Gasteiger partial charge in [-0.25, -0.2) is 0 Å². The maximum absolute atomic E-state index is 12.3. The Balaban J connectivity index is 2.08. The summed E-state index contributed by atoms with van der Waals surface area (Å²) < 4.78 is 0. The third kappa shape index (κ3) is 3.88. The van der Waals surface area contributed by atoms with Crippen molar-refractivity contribution in [3.63, 3.8) is 0 Å². The zero-order valence-electron chi connectivity index (χ0n) is 14.0. The molecule has 0 aromatic heterocycles. The minimum absolute atomic E-state index is 0.0424. The third-order valence-corrected chi connectivity index (χ3v) is 5.44. The van der Waals surface area contributed by atoms with Crippen LogP contribution in [0.15, 0.2) is 47.7 Å². The number of halogens is 4. The number of Topliss-reactive ketones (excluding diaryl/α,β-unsaturated/α-hetero) is 1. The topological polar surface area (TPSA) is 41.1 Å². The number of rotatable bonds is 3. The van der Waals surface area contributed by atoms with Crippen molar-refractivity contribution in [1.82, 2.24) is 10.6 Å². The molecule has 0 bridgehead atoms. The average Bonchev–Trinajstić information content (AvgIpc) is 2.53. The Kier molecular flexibility index (Phi) is 5.85. The molecular formula is C19H16Cl4N2O. The summed E-state index contributed by atoms with van der Waals surface area (Å²) in [6.07, 6.45) is -0.306. The predicted molar refractivity (Wildman–Crippen MR) is 108 cm³/mol. The van der Waals surface area contributed by atoms with Gasteiger partial charge in [0.15, 0.2) is 5.78 Å². The van der Waals surface area contributed by atoms with Crippen molar-refractivity contribution in [3.05, 3.63) is 78.9 Å². The highest BCUT2D eigenvalue weighted by Crippen LogP contribution is 2.37. The highest BCUT2D eigenvalue weighted by atomic mass is 35.5. The summed E-state index contributed by atoms with van der Waals surface area (Å²) in [4.78, 5) is 12.3. The van der Waals surface area contributed by atoms with Crippen molar-refractivity contribution in [1.29, 1.82) is 0 Å². The van der Waals surface area contributed by atoms with Crippen LogP contribution in [0.3, 0.4) is 0 Å². The standard InChI is InChI=1S/C19H16Cl4N2O/c1-9-17(10(2)26)18(13-5-3-11(20)7-15(13)22)25-19(24-9)14-6-4-12(21)8-16(14)23/h3-8,18-19,24-25H,1-2H3/t18-,19-/m0/s1. The molecule has 136 valence electrons. The highest BCUT2D eigenvalue weighted by molar-refractivity contribution is 6.35. The van der Waals surface area contributed by atoms with E-state index in [2.05, 4.69) is 10.6 Å². The number of nitrogens with one attached hydrogen (secondary N) is 2. The Labute approximate surface area is 172 Å². The van der Waals surface area contributed by atoms with Crippen molar-refractivity contribution in [2.45, 2.75) is 26.1 Å². The second-order valence-corrected chi connectivity index (χ2v) is 7.79. The summed E-state index contributed by atoms with van der Waals surface area (Å²) in [5, 5.41) is 8.85. The lowest BCUT2D eigenvalue weighted by atomic mass is 9.91. The van der Waals surface area contributed by atoms with Crippen LogP contribution in [0.1, 0.15) is 37.2 Å². The second kappa shape index (κ2) is 7.79. The van der Waals surface area contributed by atoms with E-state index in [1.807, 2.05) is 19.1 Å². The number of hydrogen-bond donors (Lipinski definition) is 2. The van der Waals surface area contributed by atoms with E-state index in [0.717, 1.165) is 16.8 Å². The number of carbonyl (C=O) groups is 1. The van der Waals surface area contributed by atoms with Crippen LogP contribution in [0, 0.1) is 0 Å². The average molecular weight is 430 g/mol. The predicted octanol–water partition coefficient (Wildman–Crippen LogP) is 6.10. The van der Waals surface area contributed by atoms with E-state index in [1.54, 1.807) is 24.3 Å². The third-order valence-electron chi connectivity index (χ3n) is 4.31. The molecule has 2 N–H and O–H groups in total. The largest absolute Gasteiger partial charge is 0.369 e. The van der Waals surface area contributed by atoms with Crippen LogP contribution in [0.5, 0.6) is 0 Å². The monoisotopic (exact) mass is 428 g/mol. The molecule has 0 spiro atoms. The molecule has 26 heavy (non-hydrogen) atoms.